The molecule has 0 aliphatic carbocycles. The van der Waals surface area contributed by atoms with E-state index in [-0.39, 0.29) is 30.6 Å². The van der Waals surface area contributed by atoms with Crippen LogP contribution in [0.25, 0.3) is 0 Å². The number of carbonyl (C=O) groups excluding carboxylic acids is 3. The lowest BCUT2D eigenvalue weighted by Crippen LogP contribution is -2.36. The average Bonchev–Trinajstić information content (AvgIpc) is 2.80. The summed E-state index contributed by atoms with van der Waals surface area (Å²) in [4.78, 5) is 37.0. The summed E-state index contributed by atoms with van der Waals surface area (Å²) in [5.41, 5.74) is 6.27. The molecule has 0 bridgehead atoms. The Balaban J connectivity index is 1.96. The molecule has 1 aromatic rings. The molecule has 1 aromatic carbocycles. The first kappa shape index (κ1) is 16.5. The summed E-state index contributed by atoms with van der Waals surface area (Å²) in [6.45, 7) is 1.97. The first-order chi connectivity index (χ1) is 10.5. The van der Waals surface area contributed by atoms with Crippen LogP contribution in [0.3, 0.4) is 0 Å². The minimum atomic E-state index is -0.793. The Bertz CT molecular complexity index is 564. The number of nitrogens with zero attached hydrogens (tertiary/aromatic N) is 1. The third kappa shape index (κ3) is 3.66. The molecule has 1 saturated heterocycles. The Morgan fingerprint density at radius 1 is 1.41 bits per heavy atom. The Morgan fingerprint density at radius 3 is 2.73 bits per heavy atom. The fraction of sp³-hybridized carbons (Fsp3) is 0.400. The monoisotopic (exact) mass is 322 g/mol. The van der Waals surface area contributed by atoms with Gasteiger partial charge in [0.2, 0.25) is 11.8 Å². The van der Waals surface area contributed by atoms with Crippen molar-refractivity contribution in [2.75, 3.05) is 17.3 Å². The highest BCUT2D eigenvalue weighted by Gasteiger charge is 2.40. The van der Waals surface area contributed by atoms with Gasteiger partial charge in [-0.1, -0.05) is 18.2 Å². The van der Waals surface area contributed by atoms with Crippen molar-refractivity contribution in [3.63, 3.8) is 0 Å². The van der Waals surface area contributed by atoms with Gasteiger partial charge in [-0.2, -0.15) is 0 Å². The molecule has 1 aliphatic heterocycles. The summed E-state index contributed by atoms with van der Waals surface area (Å²) >= 11 is 1.22. The predicted molar refractivity (Wildman–Crippen MR) is 84.4 cm³/mol. The molecule has 6 nitrogen and oxygen atoms in total. The SMILES string of the molecule is CCOC(=O)C(N)CSC1CC(=O)N(c2ccccc2)C1=O. The van der Waals surface area contributed by atoms with E-state index in [2.05, 4.69) is 0 Å². The number of hydrogen-bond donors (Lipinski definition) is 1. The highest BCUT2D eigenvalue weighted by molar-refractivity contribution is 8.00. The summed E-state index contributed by atoms with van der Waals surface area (Å²) in [6.07, 6.45) is 0.119. The normalized spacial score (nSPS) is 19.4. The van der Waals surface area contributed by atoms with Gasteiger partial charge in [0.1, 0.15) is 6.04 Å². The number of carbonyl (C=O) groups is 3. The zero-order valence-electron chi connectivity index (χ0n) is 12.2. The van der Waals surface area contributed by atoms with Crippen LogP contribution in [0.2, 0.25) is 0 Å². The summed E-state index contributed by atoms with van der Waals surface area (Å²) in [7, 11) is 0. The van der Waals surface area contributed by atoms with Gasteiger partial charge < -0.3 is 10.5 Å². The van der Waals surface area contributed by atoms with Crippen molar-refractivity contribution in [2.24, 2.45) is 5.73 Å². The van der Waals surface area contributed by atoms with E-state index in [0.29, 0.717) is 5.69 Å². The van der Waals surface area contributed by atoms with Gasteiger partial charge >= 0.3 is 5.97 Å². The molecular weight excluding hydrogens is 304 g/mol. The van der Waals surface area contributed by atoms with Crippen molar-refractivity contribution >= 4 is 35.2 Å². The summed E-state index contributed by atoms with van der Waals surface area (Å²) in [6, 6.07) is 8.00. The summed E-state index contributed by atoms with van der Waals surface area (Å²) in [5.74, 6) is -0.757. The van der Waals surface area contributed by atoms with E-state index in [0.717, 1.165) is 0 Å². The third-order valence-electron chi connectivity index (χ3n) is 3.19. The zero-order chi connectivity index (χ0) is 16.1. The van der Waals surface area contributed by atoms with Crippen molar-refractivity contribution in [1.29, 1.82) is 0 Å². The summed E-state index contributed by atoms with van der Waals surface area (Å²) < 4.78 is 4.82. The molecule has 0 radical (unpaired) electrons. The van der Waals surface area contributed by atoms with Crippen LogP contribution in [0.1, 0.15) is 13.3 Å². The first-order valence-corrected chi connectivity index (χ1v) is 8.05. The number of rotatable bonds is 6. The predicted octanol–water partition coefficient (Wildman–Crippen LogP) is 0.942. The standard InChI is InChI=1S/C15H18N2O4S/c1-2-21-15(20)11(16)9-22-12-8-13(18)17(14(12)19)10-6-4-3-5-7-10/h3-7,11-12H,2,8-9,16H2,1H3. The molecule has 1 aliphatic rings. The van der Waals surface area contributed by atoms with E-state index in [1.165, 1.54) is 16.7 Å². The number of imide groups is 1. The van der Waals surface area contributed by atoms with Gasteiger partial charge in [0.25, 0.3) is 0 Å². The highest BCUT2D eigenvalue weighted by Crippen LogP contribution is 2.29. The molecule has 118 valence electrons. The van der Waals surface area contributed by atoms with Gasteiger partial charge in [-0.3, -0.25) is 14.4 Å². The largest absolute Gasteiger partial charge is 0.465 e. The molecule has 0 spiro atoms. The summed E-state index contributed by atoms with van der Waals surface area (Å²) in [5, 5.41) is -0.506. The molecule has 0 aromatic heterocycles. The van der Waals surface area contributed by atoms with Crippen molar-refractivity contribution in [1.82, 2.24) is 0 Å². The molecule has 1 fully saturated rings. The van der Waals surface area contributed by atoms with E-state index in [1.54, 1.807) is 31.2 Å². The second-order valence-corrected chi connectivity index (χ2v) is 6.02. The number of amides is 2. The van der Waals surface area contributed by atoms with E-state index in [1.807, 2.05) is 6.07 Å². The lowest BCUT2D eigenvalue weighted by Gasteiger charge is -2.15. The number of thioether (sulfide) groups is 1. The van der Waals surface area contributed by atoms with Gasteiger partial charge in [-0.15, -0.1) is 11.8 Å². The van der Waals surface area contributed by atoms with Crippen molar-refractivity contribution in [2.45, 2.75) is 24.6 Å². The van der Waals surface area contributed by atoms with Crippen LogP contribution in [0, 0.1) is 0 Å². The average molecular weight is 322 g/mol. The van der Waals surface area contributed by atoms with Gasteiger partial charge in [0.05, 0.1) is 17.5 Å². The molecule has 2 rings (SSSR count). The molecule has 2 amide bonds. The first-order valence-electron chi connectivity index (χ1n) is 7.00. The highest BCUT2D eigenvalue weighted by atomic mass is 32.2. The number of ether oxygens (including phenoxy) is 1. The third-order valence-corrected chi connectivity index (χ3v) is 4.51. The van der Waals surface area contributed by atoms with Crippen molar-refractivity contribution in [3.8, 4) is 0 Å². The van der Waals surface area contributed by atoms with Crippen molar-refractivity contribution in [3.05, 3.63) is 30.3 Å². The number of hydrogen-bond acceptors (Lipinski definition) is 6. The number of esters is 1. The zero-order valence-corrected chi connectivity index (χ0v) is 13.0. The number of benzene rings is 1. The van der Waals surface area contributed by atoms with Crippen LogP contribution in [0.5, 0.6) is 0 Å². The van der Waals surface area contributed by atoms with Crippen LogP contribution in [-0.2, 0) is 19.1 Å². The second-order valence-electron chi connectivity index (χ2n) is 4.79. The molecule has 2 unspecified atom stereocenters. The Kier molecular flexibility index (Phi) is 5.57. The van der Waals surface area contributed by atoms with Gasteiger partial charge in [-0.25, -0.2) is 4.90 Å². The number of anilines is 1. The van der Waals surface area contributed by atoms with Crippen LogP contribution < -0.4 is 10.6 Å². The molecule has 2 atom stereocenters. The van der Waals surface area contributed by atoms with E-state index < -0.39 is 17.3 Å². The molecular formula is C15H18N2O4S. The van der Waals surface area contributed by atoms with Gasteiger partial charge in [0.15, 0.2) is 0 Å². The van der Waals surface area contributed by atoms with E-state index >= 15 is 0 Å². The van der Waals surface area contributed by atoms with Crippen molar-refractivity contribution < 1.29 is 19.1 Å². The number of nitrogens with two attached hydrogens (primary N) is 1. The maximum atomic E-state index is 12.4. The fourth-order valence-electron chi connectivity index (χ4n) is 2.12. The Labute approximate surface area is 133 Å². The lowest BCUT2D eigenvalue weighted by atomic mass is 10.3. The topological polar surface area (TPSA) is 89.7 Å². The lowest BCUT2D eigenvalue weighted by molar-refractivity contribution is -0.144. The molecule has 2 N–H and O–H groups in total. The quantitative estimate of drug-likeness (QED) is 0.619. The maximum Gasteiger partial charge on any atom is 0.323 e. The molecule has 22 heavy (non-hydrogen) atoms. The minimum Gasteiger partial charge on any atom is -0.465 e. The van der Waals surface area contributed by atoms with E-state index in [4.69, 9.17) is 10.5 Å². The maximum absolute atomic E-state index is 12.4. The van der Waals surface area contributed by atoms with E-state index in [9.17, 15) is 14.4 Å². The van der Waals surface area contributed by atoms with Gasteiger partial charge in [-0.05, 0) is 19.1 Å². The molecule has 7 heteroatoms. The minimum absolute atomic E-state index is 0.119. The fourth-order valence-corrected chi connectivity index (χ4v) is 3.20. The van der Waals surface area contributed by atoms with Crippen LogP contribution in [0.4, 0.5) is 5.69 Å². The molecule has 0 saturated carbocycles. The second kappa shape index (κ2) is 7.42. The smallest absolute Gasteiger partial charge is 0.323 e. The Hall–Kier alpha value is -1.86. The van der Waals surface area contributed by atoms with Crippen LogP contribution in [0.15, 0.2) is 30.3 Å². The Morgan fingerprint density at radius 2 is 2.09 bits per heavy atom. The van der Waals surface area contributed by atoms with Gasteiger partial charge in [0, 0.05) is 12.2 Å². The van der Waals surface area contributed by atoms with Crippen LogP contribution in [-0.4, -0.2) is 41.4 Å². The van der Waals surface area contributed by atoms with Crippen LogP contribution >= 0.6 is 11.8 Å². The number of para-hydroxylation sites is 1. The molecule has 1 heterocycles.